The molecular formula is C22H22ClFN4O2. The lowest BCUT2D eigenvalue weighted by Gasteiger charge is -2.24. The summed E-state index contributed by atoms with van der Waals surface area (Å²) in [4.78, 5) is 24.3. The van der Waals surface area contributed by atoms with E-state index in [1.807, 2.05) is 6.07 Å². The van der Waals surface area contributed by atoms with Crippen molar-refractivity contribution in [1.29, 1.82) is 5.26 Å². The van der Waals surface area contributed by atoms with Gasteiger partial charge in [-0.3, -0.25) is 9.59 Å². The van der Waals surface area contributed by atoms with Crippen LogP contribution in [-0.4, -0.2) is 17.7 Å². The zero-order chi connectivity index (χ0) is 22.0. The van der Waals surface area contributed by atoms with Crippen LogP contribution in [-0.2, 0) is 4.79 Å². The van der Waals surface area contributed by atoms with Crippen LogP contribution in [0.15, 0.2) is 30.3 Å². The van der Waals surface area contributed by atoms with Gasteiger partial charge < -0.3 is 16.8 Å². The van der Waals surface area contributed by atoms with Gasteiger partial charge in [0.05, 0.1) is 16.1 Å². The normalized spacial score (nSPS) is 15.3. The summed E-state index contributed by atoms with van der Waals surface area (Å²) in [5.74, 6) is -1.59. The first-order valence-electron chi connectivity index (χ1n) is 9.59. The van der Waals surface area contributed by atoms with Crippen molar-refractivity contribution in [1.82, 2.24) is 5.32 Å². The monoisotopic (exact) mass is 428 g/mol. The van der Waals surface area contributed by atoms with Crippen molar-refractivity contribution >= 4 is 29.0 Å². The van der Waals surface area contributed by atoms with E-state index in [1.165, 1.54) is 24.3 Å². The van der Waals surface area contributed by atoms with Gasteiger partial charge in [-0.25, -0.2) is 4.39 Å². The molecule has 0 aromatic heterocycles. The summed E-state index contributed by atoms with van der Waals surface area (Å²) in [6, 6.07) is 8.53. The Morgan fingerprint density at radius 2 is 2.03 bits per heavy atom. The first-order valence-corrected chi connectivity index (χ1v) is 9.97. The molecule has 0 spiro atoms. The smallest absolute Gasteiger partial charge is 0.218 e. The maximum atomic E-state index is 15.6. The summed E-state index contributed by atoms with van der Waals surface area (Å²) in [5, 5.41) is 12.4. The molecule has 1 unspecified atom stereocenters. The molecule has 2 atom stereocenters. The van der Waals surface area contributed by atoms with Crippen LogP contribution in [0.1, 0.15) is 59.3 Å². The van der Waals surface area contributed by atoms with E-state index in [-0.39, 0.29) is 51.8 Å². The van der Waals surface area contributed by atoms with Crippen molar-refractivity contribution in [3.8, 4) is 6.07 Å². The third-order valence-electron chi connectivity index (χ3n) is 5.18. The molecule has 1 aliphatic carbocycles. The molecule has 2 aromatic rings. The highest BCUT2D eigenvalue weighted by molar-refractivity contribution is 6.35. The van der Waals surface area contributed by atoms with Crippen LogP contribution in [0.4, 0.5) is 10.1 Å². The van der Waals surface area contributed by atoms with Crippen molar-refractivity contribution in [2.75, 3.05) is 5.73 Å². The fourth-order valence-corrected chi connectivity index (χ4v) is 3.76. The highest BCUT2D eigenvalue weighted by atomic mass is 35.5. The topological polar surface area (TPSA) is 122 Å². The van der Waals surface area contributed by atoms with Crippen LogP contribution >= 0.6 is 11.6 Å². The number of nitrogens with one attached hydrogen (secondary N) is 1. The number of anilines is 1. The Kier molecular flexibility index (Phi) is 6.40. The van der Waals surface area contributed by atoms with Crippen LogP contribution in [0.5, 0.6) is 0 Å². The number of nitrogen functional groups attached to an aromatic ring is 1. The molecule has 6 nitrogen and oxygen atoms in total. The standard InChI is InChI=1S/C22H22ClFN4O2/c1-11(8-18(27)29)28-21(12-2-3-12)15-5-6-16(23)19(20(15)24)22(30)13-4-7-17(26)14(9-13)10-25/h4-7,9,11-12,21,28H,2-3,8,26H2,1H3,(H2,27,29)/t11-,21?/m0/s1. The van der Waals surface area contributed by atoms with Gasteiger partial charge in [0.1, 0.15) is 11.9 Å². The molecule has 0 saturated heterocycles. The van der Waals surface area contributed by atoms with Gasteiger partial charge in [0, 0.05) is 35.3 Å². The van der Waals surface area contributed by atoms with E-state index in [4.69, 9.17) is 28.3 Å². The number of ketones is 1. The number of hydrogen-bond donors (Lipinski definition) is 3. The van der Waals surface area contributed by atoms with E-state index in [0.717, 1.165) is 12.8 Å². The van der Waals surface area contributed by atoms with Crippen molar-refractivity contribution in [2.45, 2.75) is 38.3 Å². The quantitative estimate of drug-likeness (QED) is 0.439. The van der Waals surface area contributed by atoms with Gasteiger partial charge in [0.25, 0.3) is 0 Å². The molecule has 1 amide bonds. The fourth-order valence-electron chi connectivity index (χ4n) is 3.53. The fraction of sp³-hybridized carbons (Fsp3) is 0.318. The lowest BCUT2D eigenvalue weighted by Crippen LogP contribution is -2.35. The van der Waals surface area contributed by atoms with Gasteiger partial charge in [0.15, 0.2) is 5.78 Å². The van der Waals surface area contributed by atoms with Gasteiger partial charge >= 0.3 is 0 Å². The average molecular weight is 429 g/mol. The van der Waals surface area contributed by atoms with Crippen molar-refractivity contribution in [3.05, 3.63) is 63.4 Å². The SMILES string of the molecule is C[C@@H](CC(N)=O)NC(c1ccc(Cl)c(C(=O)c2ccc(N)c(C#N)c2)c1F)C1CC1. The summed E-state index contributed by atoms with van der Waals surface area (Å²) in [7, 11) is 0. The minimum Gasteiger partial charge on any atom is -0.398 e. The zero-order valence-corrected chi connectivity index (χ0v) is 17.2. The number of nitrogens with zero attached hydrogens (tertiary/aromatic N) is 1. The summed E-state index contributed by atoms with van der Waals surface area (Å²) < 4.78 is 15.6. The van der Waals surface area contributed by atoms with Gasteiger partial charge in [-0.15, -0.1) is 0 Å². The maximum absolute atomic E-state index is 15.6. The molecule has 8 heteroatoms. The first-order chi connectivity index (χ1) is 14.2. The van der Waals surface area contributed by atoms with Crippen molar-refractivity contribution in [2.24, 2.45) is 11.7 Å². The van der Waals surface area contributed by atoms with Gasteiger partial charge in [-0.1, -0.05) is 17.7 Å². The number of rotatable bonds is 8. The summed E-state index contributed by atoms with van der Waals surface area (Å²) in [6.07, 6.45) is 1.94. The number of benzene rings is 2. The molecule has 0 heterocycles. The Labute approximate surface area is 179 Å². The van der Waals surface area contributed by atoms with Gasteiger partial charge in [-0.05, 0) is 49.9 Å². The van der Waals surface area contributed by atoms with E-state index >= 15 is 4.39 Å². The lowest BCUT2D eigenvalue weighted by molar-refractivity contribution is -0.118. The molecule has 156 valence electrons. The summed E-state index contributed by atoms with van der Waals surface area (Å²) >= 11 is 6.19. The highest BCUT2D eigenvalue weighted by Gasteiger charge is 2.36. The van der Waals surface area contributed by atoms with Crippen LogP contribution in [0, 0.1) is 23.1 Å². The molecule has 1 fully saturated rings. The molecular weight excluding hydrogens is 407 g/mol. The number of amides is 1. The molecule has 0 aliphatic heterocycles. The molecule has 0 bridgehead atoms. The average Bonchev–Trinajstić information content (AvgIpc) is 3.51. The highest BCUT2D eigenvalue weighted by Crippen LogP contribution is 2.43. The Bertz CT molecular complexity index is 1050. The number of carbonyl (C=O) groups excluding carboxylic acids is 2. The van der Waals surface area contributed by atoms with E-state index in [2.05, 4.69) is 5.32 Å². The second kappa shape index (κ2) is 8.82. The van der Waals surface area contributed by atoms with Crippen LogP contribution in [0.3, 0.4) is 0 Å². The Morgan fingerprint density at radius 3 is 2.63 bits per heavy atom. The second-order valence-corrected chi connectivity index (χ2v) is 8.03. The van der Waals surface area contributed by atoms with E-state index in [0.29, 0.717) is 5.56 Å². The molecule has 1 saturated carbocycles. The number of halogens is 2. The predicted molar refractivity (Wildman–Crippen MR) is 112 cm³/mol. The van der Waals surface area contributed by atoms with E-state index in [1.54, 1.807) is 13.0 Å². The number of primary amides is 1. The lowest BCUT2D eigenvalue weighted by atomic mass is 9.94. The van der Waals surface area contributed by atoms with Crippen LogP contribution in [0.25, 0.3) is 0 Å². The Balaban J connectivity index is 1.99. The Hall–Kier alpha value is -2.95. The minimum atomic E-state index is -0.710. The number of hydrogen-bond acceptors (Lipinski definition) is 5. The largest absolute Gasteiger partial charge is 0.398 e. The maximum Gasteiger partial charge on any atom is 0.218 e. The number of nitriles is 1. The first kappa shape index (κ1) is 21.8. The van der Waals surface area contributed by atoms with Crippen molar-refractivity contribution < 1.29 is 14.0 Å². The third kappa shape index (κ3) is 4.61. The number of carbonyl (C=O) groups is 2. The molecule has 0 radical (unpaired) electrons. The van der Waals surface area contributed by atoms with Gasteiger partial charge in [0.2, 0.25) is 5.91 Å². The number of nitrogens with two attached hydrogens (primary N) is 2. The molecule has 30 heavy (non-hydrogen) atoms. The summed E-state index contributed by atoms with van der Waals surface area (Å²) in [6.45, 7) is 1.80. The van der Waals surface area contributed by atoms with Crippen LogP contribution in [0.2, 0.25) is 5.02 Å². The molecule has 2 aromatic carbocycles. The molecule has 1 aliphatic rings. The minimum absolute atomic E-state index is 0.0173. The third-order valence-corrected chi connectivity index (χ3v) is 5.50. The van der Waals surface area contributed by atoms with E-state index < -0.39 is 17.5 Å². The second-order valence-electron chi connectivity index (χ2n) is 7.62. The molecule has 5 N–H and O–H groups in total. The zero-order valence-electron chi connectivity index (χ0n) is 16.4. The van der Waals surface area contributed by atoms with Gasteiger partial charge in [-0.2, -0.15) is 5.26 Å². The Morgan fingerprint density at radius 1 is 1.33 bits per heavy atom. The van der Waals surface area contributed by atoms with Crippen LogP contribution < -0.4 is 16.8 Å². The van der Waals surface area contributed by atoms with E-state index in [9.17, 15) is 9.59 Å². The predicted octanol–water partition coefficient (Wildman–Crippen LogP) is 3.47. The molecule has 3 rings (SSSR count). The summed E-state index contributed by atoms with van der Waals surface area (Å²) in [5.41, 5.74) is 11.5. The van der Waals surface area contributed by atoms with Crippen molar-refractivity contribution in [3.63, 3.8) is 0 Å².